The molecule has 2 aliphatic rings. The number of carbonyl (C=O) groups excluding carboxylic acids is 4. The maximum absolute atomic E-state index is 12.7. The topological polar surface area (TPSA) is 110 Å². The molecule has 1 unspecified atom stereocenters. The van der Waals surface area contributed by atoms with Gasteiger partial charge in [-0.1, -0.05) is 0 Å². The van der Waals surface area contributed by atoms with E-state index >= 15 is 0 Å². The van der Waals surface area contributed by atoms with Gasteiger partial charge in [-0.3, -0.25) is 29.4 Å². The maximum atomic E-state index is 12.7. The molecule has 4 amide bonds. The summed E-state index contributed by atoms with van der Waals surface area (Å²) in [5.41, 5.74) is 0.345. The van der Waals surface area contributed by atoms with Crippen LogP contribution in [0.25, 0.3) is 11.1 Å². The van der Waals surface area contributed by atoms with Crippen LogP contribution in [-0.2, 0) is 14.4 Å². The summed E-state index contributed by atoms with van der Waals surface area (Å²) < 4.78 is 5.17. The van der Waals surface area contributed by atoms with Gasteiger partial charge in [-0.25, -0.2) is 4.98 Å². The van der Waals surface area contributed by atoms with Crippen molar-refractivity contribution in [1.82, 2.24) is 15.2 Å². The first-order valence-corrected chi connectivity index (χ1v) is 7.51. The third kappa shape index (κ3) is 2.10. The van der Waals surface area contributed by atoms with Gasteiger partial charge in [0.1, 0.15) is 5.52 Å². The number of carbonyl (C=O) groups is 4. The molecule has 24 heavy (non-hydrogen) atoms. The van der Waals surface area contributed by atoms with Crippen LogP contribution in [0.3, 0.4) is 0 Å². The molecule has 4 rings (SSSR count). The Morgan fingerprint density at radius 3 is 2.92 bits per heavy atom. The number of hydrogen-bond acceptors (Lipinski definition) is 6. The number of fused-ring (bicyclic) bond motifs is 1. The van der Waals surface area contributed by atoms with Crippen molar-refractivity contribution < 1.29 is 23.6 Å². The van der Waals surface area contributed by atoms with Crippen molar-refractivity contribution in [3.8, 4) is 0 Å². The maximum Gasteiger partial charge on any atom is 0.260 e. The standard InChI is InChI=1S/C16H13N3O5/c20-12-3-4-16(15(23)18-12)6-13(21)19(7-16)14(22)9-1-2-10-11(5-9)24-8-17-10/h1-2,5,8H,3-4,6-7H2,(H,18,20,23). The summed E-state index contributed by atoms with van der Waals surface area (Å²) in [6.45, 7) is -0.0157. The van der Waals surface area contributed by atoms with Crippen LogP contribution in [0.5, 0.6) is 0 Å². The first kappa shape index (κ1) is 14.6. The zero-order valence-electron chi connectivity index (χ0n) is 12.6. The minimum absolute atomic E-state index is 0.0157. The van der Waals surface area contributed by atoms with Crippen LogP contribution in [0.2, 0.25) is 0 Å². The van der Waals surface area contributed by atoms with E-state index in [4.69, 9.17) is 4.42 Å². The second kappa shape index (κ2) is 4.98. The minimum atomic E-state index is -1.00. The van der Waals surface area contributed by atoms with Crippen LogP contribution >= 0.6 is 0 Å². The first-order valence-electron chi connectivity index (χ1n) is 7.51. The lowest BCUT2D eigenvalue weighted by atomic mass is 9.79. The van der Waals surface area contributed by atoms with Crippen molar-refractivity contribution in [2.24, 2.45) is 5.41 Å². The quantitative estimate of drug-likeness (QED) is 0.769. The van der Waals surface area contributed by atoms with E-state index in [1.165, 1.54) is 12.5 Å². The normalized spacial score (nSPS) is 24.0. The smallest absolute Gasteiger partial charge is 0.260 e. The molecule has 1 aromatic carbocycles. The SMILES string of the molecule is O=C1CCC2(CC(=O)N(C(=O)c3ccc4ncoc4c3)C2)C(=O)N1. The summed E-state index contributed by atoms with van der Waals surface area (Å²) in [6, 6.07) is 4.72. The van der Waals surface area contributed by atoms with Gasteiger partial charge in [0.25, 0.3) is 5.91 Å². The fourth-order valence-electron chi connectivity index (χ4n) is 3.27. The molecule has 2 aliphatic heterocycles. The fraction of sp³-hybridized carbons (Fsp3) is 0.312. The van der Waals surface area contributed by atoms with Crippen LogP contribution in [0.15, 0.2) is 29.0 Å². The largest absolute Gasteiger partial charge is 0.443 e. The lowest BCUT2D eigenvalue weighted by molar-refractivity contribution is -0.142. The molecule has 0 bridgehead atoms. The molecule has 2 aromatic rings. The van der Waals surface area contributed by atoms with E-state index in [0.717, 1.165) is 4.90 Å². The highest BCUT2D eigenvalue weighted by molar-refractivity contribution is 6.10. The molecular formula is C16H13N3O5. The molecule has 0 saturated carbocycles. The second-order valence-corrected chi connectivity index (χ2v) is 6.15. The van der Waals surface area contributed by atoms with E-state index in [2.05, 4.69) is 10.3 Å². The summed E-state index contributed by atoms with van der Waals surface area (Å²) in [6.07, 6.45) is 1.65. The average molecular weight is 327 g/mol. The number of hydrogen-bond donors (Lipinski definition) is 1. The number of piperidine rings is 1. The summed E-state index contributed by atoms with van der Waals surface area (Å²) in [4.78, 5) is 53.5. The third-order valence-electron chi connectivity index (χ3n) is 4.64. The average Bonchev–Trinajstić information content (AvgIpc) is 3.15. The molecule has 0 radical (unpaired) electrons. The number of imide groups is 2. The van der Waals surface area contributed by atoms with Crippen molar-refractivity contribution in [1.29, 1.82) is 0 Å². The van der Waals surface area contributed by atoms with Gasteiger partial charge in [0.05, 0.1) is 5.41 Å². The van der Waals surface area contributed by atoms with Crippen LogP contribution in [0, 0.1) is 5.41 Å². The lowest BCUT2D eigenvalue weighted by Gasteiger charge is -2.30. The van der Waals surface area contributed by atoms with E-state index in [-0.39, 0.29) is 37.3 Å². The Bertz CT molecular complexity index is 902. The zero-order valence-corrected chi connectivity index (χ0v) is 12.6. The van der Waals surface area contributed by atoms with E-state index in [1.54, 1.807) is 12.1 Å². The summed E-state index contributed by atoms with van der Waals surface area (Å²) in [5.74, 6) is -1.73. The van der Waals surface area contributed by atoms with Gasteiger partial charge in [0.15, 0.2) is 12.0 Å². The predicted molar refractivity (Wildman–Crippen MR) is 79.5 cm³/mol. The summed E-state index contributed by atoms with van der Waals surface area (Å²) in [5, 5.41) is 2.26. The van der Waals surface area contributed by atoms with E-state index in [0.29, 0.717) is 11.1 Å². The number of benzene rings is 1. The van der Waals surface area contributed by atoms with Gasteiger partial charge in [-0.2, -0.15) is 0 Å². The molecule has 1 atom stereocenters. The Kier molecular flexibility index (Phi) is 3.02. The Morgan fingerprint density at radius 1 is 1.29 bits per heavy atom. The van der Waals surface area contributed by atoms with Crippen molar-refractivity contribution in [3.05, 3.63) is 30.2 Å². The number of nitrogens with zero attached hydrogens (tertiary/aromatic N) is 2. The number of oxazole rings is 1. The number of aromatic nitrogens is 1. The Labute approximate surface area is 135 Å². The Morgan fingerprint density at radius 2 is 2.12 bits per heavy atom. The van der Waals surface area contributed by atoms with E-state index in [1.807, 2.05) is 0 Å². The molecule has 8 heteroatoms. The van der Waals surface area contributed by atoms with E-state index < -0.39 is 23.1 Å². The first-order chi connectivity index (χ1) is 11.5. The predicted octanol–water partition coefficient (Wildman–Crippen LogP) is 0.623. The van der Waals surface area contributed by atoms with Crippen molar-refractivity contribution in [2.45, 2.75) is 19.3 Å². The van der Waals surface area contributed by atoms with Crippen LogP contribution in [0.4, 0.5) is 0 Å². The van der Waals surface area contributed by atoms with Crippen molar-refractivity contribution in [2.75, 3.05) is 6.54 Å². The van der Waals surface area contributed by atoms with Gasteiger partial charge in [-0.05, 0) is 24.6 Å². The van der Waals surface area contributed by atoms with Gasteiger partial charge < -0.3 is 4.42 Å². The number of likely N-dealkylation sites (tertiary alicyclic amines) is 1. The van der Waals surface area contributed by atoms with Gasteiger partial charge in [-0.15, -0.1) is 0 Å². The Balaban J connectivity index is 1.62. The second-order valence-electron chi connectivity index (χ2n) is 6.15. The van der Waals surface area contributed by atoms with Gasteiger partial charge >= 0.3 is 0 Å². The number of nitrogens with one attached hydrogen (secondary N) is 1. The molecule has 1 spiro atoms. The molecule has 8 nitrogen and oxygen atoms in total. The summed E-state index contributed by atoms with van der Waals surface area (Å²) in [7, 11) is 0. The zero-order chi connectivity index (χ0) is 16.9. The number of rotatable bonds is 1. The van der Waals surface area contributed by atoms with Gasteiger partial charge in [0, 0.05) is 24.9 Å². The lowest BCUT2D eigenvalue weighted by Crippen LogP contribution is -2.50. The summed E-state index contributed by atoms with van der Waals surface area (Å²) >= 11 is 0. The van der Waals surface area contributed by atoms with E-state index in [9.17, 15) is 19.2 Å². The van der Waals surface area contributed by atoms with Crippen molar-refractivity contribution in [3.63, 3.8) is 0 Å². The number of amides is 4. The highest BCUT2D eigenvalue weighted by atomic mass is 16.3. The molecular weight excluding hydrogens is 314 g/mol. The minimum Gasteiger partial charge on any atom is -0.443 e. The molecule has 3 heterocycles. The van der Waals surface area contributed by atoms with Crippen LogP contribution in [0.1, 0.15) is 29.6 Å². The molecule has 1 aromatic heterocycles. The highest BCUT2D eigenvalue weighted by Gasteiger charge is 2.52. The molecule has 0 aliphatic carbocycles. The van der Waals surface area contributed by atoms with Gasteiger partial charge in [0.2, 0.25) is 17.7 Å². The van der Waals surface area contributed by atoms with Crippen LogP contribution in [-0.4, -0.2) is 40.1 Å². The fourth-order valence-corrected chi connectivity index (χ4v) is 3.27. The monoisotopic (exact) mass is 327 g/mol. The molecule has 122 valence electrons. The molecule has 1 N–H and O–H groups in total. The molecule has 2 saturated heterocycles. The molecule has 2 fully saturated rings. The van der Waals surface area contributed by atoms with Crippen molar-refractivity contribution >= 4 is 34.7 Å². The Hall–Kier alpha value is -3.03. The van der Waals surface area contributed by atoms with Crippen LogP contribution < -0.4 is 5.32 Å². The third-order valence-corrected chi connectivity index (χ3v) is 4.64. The highest BCUT2D eigenvalue weighted by Crippen LogP contribution is 2.39.